The van der Waals surface area contributed by atoms with E-state index in [1.165, 1.54) is 12.1 Å². The van der Waals surface area contributed by atoms with Gasteiger partial charge in [-0.2, -0.15) is 0 Å². The molecule has 2 aromatic rings. The van der Waals surface area contributed by atoms with Gasteiger partial charge in [0.1, 0.15) is 5.75 Å². The number of aryl methyl sites for hydroxylation is 2. The molecule has 0 unspecified atom stereocenters. The number of carbonyl (C=O) groups is 2. The van der Waals surface area contributed by atoms with Crippen LogP contribution in [0, 0.1) is 19.8 Å². The first-order valence-electron chi connectivity index (χ1n) is 7.48. The highest BCUT2D eigenvalue weighted by atomic mass is 16.4. The van der Waals surface area contributed by atoms with Gasteiger partial charge < -0.3 is 10.2 Å². The van der Waals surface area contributed by atoms with E-state index in [9.17, 15) is 19.8 Å². The van der Waals surface area contributed by atoms with Crippen LogP contribution in [0.2, 0.25) is 0 Å². The van der Waals surface area contributed by atoms with Crippen LogP contribution in [0.1, 0.15) is 33.5 Å². The lowest BCUT2D eigenvalue weighted by atomic mass is 9.89. The summed E-state index contributed by atoms with van der Waals surface area (Å²) < 4.78 is 0. The molecular weight excluding hydrogens is 292 g/mol. The second-order valence-corrected chi connectivity index (χ2v) is 5.80. The summed E-state index contributed by atoms with van der Waals surface area (Å²) in [7, 11) is 0. The molecule has 2 N–H and O–H groups in total. The fourth-order valence-electron chi connectivity index (χ4n) is 2.74. The van der Waals surface area contributed by atoms with Crippen LogP contribution >= 0.6 is 0 Å². The second-order valence-electron chi connectivity index (χ2n) is 5.80. The van der Waals surface area contributed by atoms with E-state index >= 15 is 0 Å². The van der Waals surface area contributed by atoms with E-state index in [0.717, 1.165) is 16.7 Å². The molecule has 0 aliphatic heterocycles. The zero-order valence-corrected chi connectivity index (χ0v) is 13.2. The van der Waals surface area contributed by atoms with Crippen molar-refractivity contribution in [3.8, 4) is 5.75 Å². The highest BCUT2D eigenvalue weighted by Gasteiger charge is 2.24. The van der Waals surface area contributed by atoms with Gasteiger partial charge in [-0.25, -0.2) is 0 Å². The topological polar surface area (TPSA) is 74.6 Å². The summed E-state index contributed by atoms with van der Waals surface area (Å²) in [6.07, 6.45) is 0.216. The van der Waals surface area contributed by atoms with Gasteiger partial charge in [-0.05, 0) is 49.1 Å². The van der Waals surface area contributed by atoms with Gasteiger partial charge in [0.15, 0.2) is 5.78 Å². The summed E-state index contributed by atoms with van der Waals surface area (Å²) in [4.78, 5) is 24.0. The molecule has 0 saturated heterocycles. The highest BCUT2D eigenvalue weighted by Crippen LogP contribution is 2.21. The minimum absolute atomic E-state index is 0.0398. The fraction of sp³-hybridized carbons (Fsp3) is 0.263. The van der Waals surface area contributed by atoms with E-state index in [4.69, 9.17) is 0 Å². The van der Waals surface area contributed by atoms with Crippen molar-refractivity contribution in [3.05, 3.63) is 64.7 Å². The maximum atomic E-state index is 12.5. The minimum atomic E-state index is -0.988. The Labute approximate surface area is 135 Å². The molecule has 1 atom stereocenters. The average Bonchev–Trinajstić information content (AvgIpc) is 2.48. The van der Waals surface area contributed by atoms with Gasteiger partial charge >= 0.3 is 5.97 Å². The Hall–Kier alpha value is -2.62. The van der Waals surface area contributed by atoms with Crippen LogP contribution in [0.4, 0.5) is 0 Å². The summed E-state index contributed by atoms with van der Waals surface area (Å²) in [5.74, 6) is -1.79. The molecule has 0 aliphatic carbocycles. The summed E-state index contributed by atoms with van der Waals surface area (Å²) in [6.45, 7) is 3.71. The normalized spacial score (nSPS) is 11.9. The van der Waals surface area contributed by atoms with Gasteiger partial charge in [0.25, 0.3) is 0 Å². The largest absolute Gasteiger partial charge is 0.508 e. The Bertz CT molecular complexity index is 696. The van der Waals surface area contributed by atoms with Gasteiger partial charge in [0.2, 0.25) is 0 Å². The van der Waals surface area contributed by atoms with Crippen molar-refractivity contribution in [1.82, 2.24) is 0 Å². The first-order valence-corrected chi connectivity index (χ1v) is 7.48. The van der Waals surface area contributed by atoms with Crippen molar-refractivity contribution in [2.24, 2.45) is 5.92 Å². The van der Waals surface area contributed by atoms with E-state index in [1.54, 1.807) is 12.1 Å². The van der Waals surface area contributed by atoms with Gasteiger partial charge in [-0.1, -0.05) is 30.3 Å². The third-order valence-corrected chi connectivity index (χ3v) is 3.96. The molecule has 0 aliphatic rings. The predicted molar refractivity (Wildman–Crippen MR) is 87.8 cm³/mol. The molecule has 0 fully saturated rings. The number of phenols is 1. The molecule has 0 bridgehead atoms. The number of phenolic OH excluding ortho intramolecular Hbond substituents is 1. The van der Waals surface area contributed by atoms with Gasteiger partial charge in [0, 0.05) is 12.0 Å². The number of carboxylic acid groups (broad SMARTS) is 1. The Morgan fingerprint density at radius 1 is 1.00 bits per heavy atom. The summed E-state index contributed by atoms with van der Waals surface area (Å²) in [5, 5.41) is 18.7. The molecule has 2 aromatic carbocycles. The summed E-state index contributed by atoms with van der Waals surface area (Å²) in [5.41, 5.74) is 3.13. The van der Waals surface area contributed by atoms with Crippen molar-refractivity contribution in [1.29, 1.82) is 0 Å². The van der Waals surface area contributed by atoms with Gasteiger partial charge in [-0.3, -0.25) is 9.59 Å². The second kappa shape index (κ2) is 7.09. The van der Waals surface area contributed by atoms with Crippen LogP contribution in [0.5, 0.6) is 5.75 Å². The van der Waals surface area contributed by atoms with Gasteiger partial charge in [-0.15, -0.1) is 0 Å². The fourth-order valence-corrected chi connectivity index (χ4v) is 2.74. The Balaban J connectivity index is 2.18. The van der Waals surface area contributed by atoms with E-state index in [1.807, 2.05) is 32.0 Å². The maximum Gasteiger partial charge on any atom is 0.307 e. The number of carboxylic acids is 1. The molecular formula is C19H20O4. The molecule has 2 rings (SSSR count). The Morgan fingerprint density at radius 3 is 2.09 bits per heavy atom. The van der Waals surface area contributed by atoms with Crippen LogP contribution < -0.4 is 0 Å². The number of aliphatic carboxylic acids is 1. The summed E-state index contributed by atoms with van der Waals surface area (Å²) in [6, 6.07) is 12.0. The summed E-state index contributed by atoms with van der Waals surface area (Å²) >= 11 is 0. The van der Waals surface area contributed by atoms with Crippen LogP contribution in [0.15, 0.2) is 42.5 Å². The SMILES string of the molecule is Cc1cccc(C)c1C(=O)C[C@@H](Cc1ccc(O)cc1)C(=O)O. The molecule has 120 valence electrons. The standard InChI is InChI=1S/C19H20O4/c1-12-4-3-5-13(2)18(12)17(21)11-15(19(22)23)10-14-6-8-16(20)9-7-14/h3-9,15,20H,10-11H2,1-2H3,(H,22,23)/t15-/m1/s1. The third kappa shape index (κ3) is 4.19. The van der Waals surface area contributed by atoms with Crippen molar-refractivity contribution >= 4 is 11.8 Å². The third-order valence-electron chi connectivity index (χ3n) is 3.96. The number of Topliss-reactive ketones (excluding diaryl/α,β-unsaturated/α-hetero) is 1. The van der Waals surface area contributed by atoms with Crippen molar-refractivity contribution in [2.45, 2.75) is 26.7 Å². The number of carbonyl (C=O) groups excluding carboxylic acids is 1. The lowest BCUT2D eigenvalue weighted by Crippen LogP contribution is -2.21. The highest BCUT2D eigenvalue weighted by molar-refractivity contribution is 6.00. The number of hydrogen-bond acceptors (Lipinski definition) is 3. The van der Waals surface area contributed by atoms with Crippen molar-refractivity contribution < 1.29 is 19.8 Å². The van der Waals surface area contributed by atoms with E-state index in [2.05, 4.69) is 0 Å². The average molecular weight is 312 g/mol. The Morgan fingerprint density at radius 2 is 1.57 bits per heavy atom. The molecule has 4 heteroatoms. The molecule has 0 aromatic heterocycles. The lowest BCUT2D eigenvalue weighted by molar-refractivity contribution is -0.141. The van der Waals surface area contributed by atoms with E-state index in [0.29, 0.717) is 5.56 Å². The number of hydrogen-bond donors (Lipinski definition) is 2. The molecule has 23 heavy (non-hydrogen) atoms. The molecule has 0 saturated carbocycles. The number of aromatic hydroxyl groups is 1. The van der Waals surface area contributed by atoms with Crippen molar-refractivity contribution in [2.75, 3.05) is 0 Å². The molecule has 0 radical (unpaired) electrons. The monoisotopic (exact) mass is 312 g/mol. The quantitative estimate of drug-likeness (QED) is 0.800. The van der Waals surface area contributed by atoms with E-state index < -0.39 is 11.9 Å². The van der Waals surface area contributed by atoms with Crippen LogP contribution in [-0.4, -0.2) is 22.0 Å². The van der Waals surface area contributed by atoms with Crippen LogP contribution in [0.3, 0.4) is 0 Å². The minimum Gasteiger partial charge on any atom is -0.508 e. The molecule has 0 spiro atoms. The van der Waals surface area contributed by atoms with Crippen LogP contribution in [-0.2, 0) is 11.2 Å². The molecule has 0 amide bonds. The van der Waals surface area contributed by atoms with Gasteiger partial charge in [0.05, 0.1) is 5.92 Å². The van der Waals surface area contributed by atoms with Crippen LogP contribution in [0.25, 0.3) is 0 Å². The number of rotatable bonds is 6. The Kier molecular flexibility index (Phi) is 5.16. The molecule has 0 heterocycles. The maximum absolute atomic E-state index is 12.5. The predicted octanol–water partition coefficient (Wildman–Crippen LogP) is 3.53. The zero-order valence-electron chi connectivity index (χ0n) is 13.2. The number of ketones is 1. The first-order chi connectivity index (χ1) is 10.9. The number of benzene rings is 2. The smallest absolute Gasteiger partial charge is 0.307 e. The van der Waals surface area contributed by atoms with E-state index in [-0.39, 0.29) is 24.4 Å². The zero-order chi connectivity index (χ0) is 17.0. The van der Waals surface area contributed by atoms with Crippen molar-refractivity contribution in [3.63, 3.8) is 0 Å². The first kappa shape index (κ1) is 16.7. The lowest BCUT2D eigenvalue weighted by Gasteiger charge is -2.14. The molecule has 4 nitrogen and oxygen atoms in total.